The van der Waals surface area contributed by atoms with Gasteiger partial charge in [0.15, 0.2) is 0 Å². The molecule has 1 fully saturated rings. The number of amides is 2. The third-order valence-electron chi connectivity index (χ3n) is 4.08. The zero-order chi connectivity index (χ0) is 20.7. The number of halogens is 1. The molecule has 150 valence electrons. The van der Waals surface area contributed by atoms with Crippen molar-refractivity contribution >= 4 is 29.3 Å². The van der Waals surface area contributed by atoms with Crippen molar-refractivity contribution in [3.8, 4) is 6.07 Å². The van der Waals surface area contributed by atoms with Crippen LogP contribution in [-0.2, 0) is 9.53 Å². The van der Waals surface area contributed by atoms with Crippen LogP contribution in [0, 0.1) is 11.3 Å². The lowest BCUT2D eigenvalue weighted by atomic mass is 10.1. The van der Waals surface area contributed by atoms with Gasteiger partial charge >= 0.3 is 6.09 Å². The molecule has 1 aromatic rings. The molecule has 0 atom stereocenters. The maximum atomic E-state index is 12.2. The van der Waals surface area contributed by atoms with Crippen LogP contribution >= 0.6 is 11.6 Å². The van der Waals surface area contributed by atoms with Crippen molar-refractivity contribution in [2.45, 2.75) is 45.3 Å². The Morgan fingerprint density at radius 1 is 1.25 bits per heavy atom. The van der Waals surface area contributed by atoms with Crippen LogP contribution < -0.4 is 10.6 Å². The van der Waals surface area contributed by atoms with Crippen LogP contribution in [0.4, 0.5) is 10.5 Å². The second kappa shape index (κ2) is 9.47. The lowest BCUT2D eigenvalue weighted by molar-refractivity contribution is -0.112. The molecular formula is C20H25ClN4O3. The van der Waals surface area contributed by atoms with Gasteiger partial charge in [-0.15, -0.1) is 0 Å². The fourth-order valence-electron chi connectivity index (χ4n) is 2.64. The summed E-state index contributed by atoms with van der Waals surface area (Å²) in [5.74, 6) is -0.497. The van der Waals surface area contributed by atoms with Gasteiger partial charge in [-0.05, 0) is 57.9 Å². The summed E-state index contributed by atoms with van der Waals surface area (Å²) in [7, 11) is 0. The van der Waals surface area contributed by atoms with Gasteiger partial charge < -0.3 is 20.3 Å². The van der Waals surface area contributed by atoms with E-state index in [9.17, 15) is 14.9 Å². The highest BCUT2D eigenvalue weighted by atomic mass is 35.5. The molecule has 1 aliphatic rings. The zero-order valence-corrected chi connectivity index (χ0v) is 17.0. The molecule has 28 heavy (non-hydrogen) atoms. The summed E-state index contributed by atoms with van der Waals surface area (Å²) in [6.45, 7) is 6.62. The molecule has 0 spiro atoms. The molecule has 8 heteroatoms. The van der Waals surface area contributed by atoms with Crippen LogP contribution in [0.1, 0.15) is 33.6 Å². The topological polar surface area (TPSA) is 94.5 Å². The first-order valence-corrected chi connectivity index (χ1v) is 9.47. The molecule has 1 heterocycles. The molecule has 0 unspecified atom stereocenters. The number of carbonyl (C=O) groups is 2. The number of hydrogen-bond donors (Lipinski definition) is 2. The molecule has 1 saturated heterocycles. The Kier molecular flexibility index (Phi) is 7.30. The predicted molar refractivity (Wildman–Crippen MR) is 108 cm³/mol. The van der Waals surface area contributed by atoms with Crippen molar-refractivity contribution in [3.05, 3.63) is 41.1 Å². The number of carbonyl (C=O) groups excluding carboxylic acids is 2. The van der Waals surface area contributed by atoms with E-state index in [-0.39, 0.29) is 17.7 Å². The lowest BCUT2D eigenvalue weighted by Crippen LogP contribution is -2.45. The number of likely N-dealkylation sites (tertiary alicyclic amines) is 1. The maximum Gasteiger partial charge on any atom is 0.410 e. The Labute approximate surface area is 170 Å². The summed E-state index contributed by atoms with van der Waals surface area (Å²) in [5, 5.41) is 15.6. The summed E-state index contributed by atoms with van der Waals surface area (Å²) in [5.41, 5.74) is 0.0133. The Morgan fingerprint density at radius 2 is 1.86 bits per heavy atom. The van der Waals surface area contributed by atoms with Crippen LogP contribution in [0.3, 0.4) is 0 Å². The number of benzene rings is 1. The standard InChI is InChI=1S/C20H25ClN4O3/c1-20(2,3)28-19(27)25-10-8-16(9-11-25)23-13-14(12-22)18(26)24-17-6-4-15(21)5-7-17/h4-7,13,16,23H,8-11H2,1-3H3,(H,24,26)/b14-13-. The van der Waals surface area contributed by atoms with Gasteiger partial charge in [0.1, 0.15) is 17.2 Å². The summed E-state index contributed by atoms with van der Waals surface area (Å²) < 4.78 is 5.37. The highest BCUT2D eigenvalue weighted by molar-refractivity contribution is 6.30. The molecule has 7 nitrogen and oxygen atoms in total. The normalized spacial score (nSPS) is 15.5. The van der Waals surface area contributed by atoms with Gasteiger partial charge in [-0.3, -0.25) is 4.79 Å². The molecular weight excluding hydrogens is 380 g/mol. The number of ether oxygens (including phenoxy) is 1. The average Bonchev–Trinajstić information content (AvgIpc) is 2.63. The van der Waals surface area contributed by atoms with E-state index >= 15 is 0 Å². The Balaban J connectivity index is 1.85. The number of nitrogens with one attached hydrogen (secondary N) is 2. The van der Waals surface area contributed by atoms with Gasteiger partial charge in [0, 0.05) is 36.0 Å². The first kappa shape index (κ1) is 21.6. The summed E-state index contributed by atoms with van der Waals surface area (Å²) in [4.78, 5) is 26.0. The summed E-state index contributed by atoms with van der Waals surface area (Å²) >= 11 is 5.82. The van der Waals surface area contributed by atoms with E-state index in [1.165, 1.54) is 6.20 Å². The van der Waals surface area contributed by atoms with Gasteiger partial charge in [0.25, 0.3) is 5.91 Å². The number of nitrogens with zero attached hydrogens (tertiary/aromatic N) is 2. The highest BCUT2D eigenvalue weighted by Gasteiger charge is 2.26. The zero-order valence-electron chi connectivity index (χ0n) is 16.3. The molecule has 2 amide bonds. The molecule has 2 N–H and O–H groups in total. The summed E-state index contributed by atoms with van der Waals surface area (Å²) in [6, 6.07) is 8.61. The van der Waals surface area contributed by atoms with Crippen molar-refractivity contribution in [2.24, 2.45) is 0 Å². The quantitative estimate of drug-likeness (QED) is 0.589. The second-order valence-corrected chi connectivity index (χ2v) is 7.98. The van der Waals surface area contributed by atoms with E-state index in [4.69, 9.17) is 16.3 Å². The molecule has 0 radical (unpaired) electrons. The van der Waals surface area contributed by atoms with Gasteiger partial charge in [-0.1, -0.05) is 11.6 Å². The Hall–Kier alpha value is -2.72. The maximum absolute atomic E-state index is 12.2. The van der Waals surface area contributed by atoms with E-state index in [2.05, 4.69) is 10.6 Å². The largest absolute Gasteiger partial charge is 0.444 e. The monoisotopic (exact) mass is 404 g/mol. The van der Waals surface area contributed by atoms with Crippen molar-refractivity contribution < 1.29 is 14.3 Å². The number of nitriles is 1. The first-order valence-electron chi connectivity index (χ1n) is 9.09. The van der Waals surface area contributed by atoms with E-state index in [1.54, 1.807) is 29.2 Å². The van der Waals surface area contributed by atoms with Crippen LogP contribution in [0.5, 0.6) is 0 Å². The van der Waals surface area contributed by atoms with Gasteiger partial charge in [-0.25, -0.2) is 4.79 Å². The summed E-state index contributed by atoms with van der Waals surface area (Å²) in [6.07, 6.45) is 2.51. The van der Waals surface area contributed by atoms with Crippen molar-refractivity contribution in [3.63, 3.8) is 0 Å². The highest BCUT2D eigenvalue weighted by Crippen LogP contribution is 2.16. The molecule has 0 aliphatic carbocycles. The van der Waals surface area contributed by atoms with Crippen molar-refractivity contribution in [1.29, 1.82) is 5.26 Å². The van der Waals surface area contributed by atoms with Crippen molar-refractivity contribution in [1.82, 2.24) is 10.2 Å². The predicted octanol–water partition coefficient (Wildman–Crippen LogP) is 3.68. The number of rotatable bonds is 4. The minimum Gasteiger partial charge on any atom is -0.444 e. The Morgan fingerprint density at radius 3 is 2.39 bits per heavy atom. The van der Waals surface area contributed by atoms with E-state index in [1.807, 2.05) is 26.8 Å². The number of anilines is 1. The SMILES string of the molecule is CC(C)(C)OC(=O)N1CCC(N/C=C(/C#N)C(=O)Nc2ccc(Cl)cc2)CC1. The smallest absolute Gasteiger partial charge is 0.410 e. The van der Waals surface area contributed by atoms with Crippen molar-refractivity contribution in [2.75, 3.05) is 18.4 Å². The molecule has 0 bridgehead atoms. The molecule has 1 aliphatic heterocycles. The average molecular weight is 405 g/mol. The molecule has 0 aromatic heterocycles. The fraction of sp³-hybridized carbons (Fsp3) is 0.450. The minimum atomic E-state index is -0.520. The lowest BCUT2D eigenvalue weighted by Gasteiger charge is -2.33. The van der Waals surface area contributed by atoms with Crippen LogP contribution in [-0.4, -0.2) is 41.6 Å². The van der Waals surface area contributed by atoms with Crippen LogP contribution in [0.25, 0.3) is 0 Å². The second-order valence-electron chi connectivity index (χ2n) is 7.54. The first-order chi connectivity index (χ1) is 13.2. The minimum absolute atomic E-state index is 0.0236. The number of piperidine rings is 1. The van der Waals surface area contributed by atoms with E-state index in [0.717, 1.165) is 0 Å². The number of hydrogen-bond acceptors (Lipinski definition) is 5. The Bertz CT molecular complexity index is 770. The third-order valence-corrected chi connectivity index (χ3v) is 4.33. The third kappa shape index (κ3) is 6.78. The van der Waals surface area contributed by atoms with Crippen LogP contribution in [0.15, 0.2) is 36.0 Å². The molecule has 1 aromatic carbocycles. The van der Waals surface area contributed by atoms with Crippen LogP contribution in [0.2, 0.25) is 5.02 Å². The fourth-order valence-corrected chi connectivity index (χ4v) is 2.76. The van der Waals surface area contributed by atoms with E-state index in [0.29, 0.717) is 36.6 Å². The van der Waals surface area contributed by atoms with E-state index < -0.39 is 11.5 Å². The van der Waals surface area contributed by atoms with Gasteiger partial charge in [0.05, 0.1) is 0 Å². The van der Waals surface area contributed by atoms with Gasteiger partial charge in [0.2, 0.25) is 0 Å². The molecule has 0 saturated carbocycles. The molecule has 2 rings (SSSR count). The van der Waals surface area contributed by atoms with Gasteiger partial charge in [-0.2, -0.15) is 5.26 Å².